The van der Waals surface area contributed by atoms with E-state index in [1.807, 2.05) is 0 Å². The zero-order valence-corrected chi connectivity index (χ0v) is 16.0. The largest absolute Gasteiger partial charge is 0.452 e. The SMILES string of the molecule is C[C@@H](N=[N+]=[N-])[C@@H]1C(=O)N[C@@H]1[C@@H](C)C(=O)C(=[N+]=[N-])C(=O)OCc1ccc([N+](=O)[O-])cc1. The third-order valence-electron chi connectivity index (χ3n) is 4.75. The van der Waals surface area contributed by atoms with Crippen molar-refractivity contribution in [1.82, 2.24) is 5.32 Å². The highest BCUT2D eigenvalue weighted by atomic mass is 16.6. The van der Waals surface area contributed by atoms with Gasteiger partial charge in [0.25, 0.3) is 11.5 Å². The average Bonchev–Trinajstić information content (AvgIpc) is 2.70. The maximum Gasteiger partial charge on any atom is 0.441 e. The summed E-state index contributed by atoms with van der Waals surface area (Å²) in [6, 6.07) is 3.76. The molecule has 1 saturated heterocycles. The smallest absolute Gasteiger partial charge is 0.441 e. The number of benzene rings is 1. The summed E-state index contributed by atoms with van der Waals surface area (Å²) in [5.74, 6) is -4.19. The highest BCUT2D eigenvalue weighted by Crippen LogP contribution is 2.28. The minimum absolute atomic E-state index is 0.140. The fourth-order valence-corrected chi connectivity index (χ4v) is 3.03. The first-order valence-electron chi connectivity index (χ1n) is 8.72. The van der Waals surface area contributed by atoms with Crippen molar-refractivity contribution < 1.29 is 28.8 Å². The molecule has 2 rings (SSSR count). The number of esters is 1. The number of nitro benzene ring substituents is 1. The predicted molar refractivity (Wildman–Crippen MR) is 99.7 cm³/mol. The number of rotatable bonds is 9. The fourth-order valence-electron chi connectivity index (χ4n) is 3.03. The zero-order chi connectivity index (χ0) is 22.4. The molecule has 1 amide bonds. The van der Waals surface area contributed by atoms with Crippen LogP contribution < -0.4 is 5.32 Å². The van der Waals surface area contributed by atoms with E-state index in [0.29, 0.717) is 5.56 Å². The molecule has 1 fully saturated rings. The summed E-state index contributed by atoms with van der Waals surface area (Å²) < 4.78 is 4.94. The Balaban J connectivity index is 2.03. The first-order chi connectivity index (χ1) is 14.2. The van der Waals surface area contributed by atoms with Gasteiger partial charge in [-0.1, -0.05) is 19.0 Å². The summed E-state index contributed by atoms with van der Waals surface area (Å²) in [6.45, 7) is 2.64. The van der Waals surface area contributed by atoms with Gasteiger partial charge < -0.3 is 15.6 Å². The molecule has 1 aromatic rings. The molecular formula is C17H17N7O6. The van der Waals surface area contributed by atoms with Crippen molar-refractivity contribution in [3.05, 3.63) is 55.9 Å². The number of ketones is 1. The molecule has 1 aliphatic heterocycles. The maximum atomic E-state index is 12.6. The Morgan fingerprint density at radius 2 is 1.93 bits per heavy atom. The molecule has 1 N–H and O–H groups in total. The highest BCUT2D eigenvalue weighted by Gasteiger charge is 2.50. The minimum atomic E-state index is -1.20. The molecule has 13 nitrogen and oxygen atoms in total. The van der Waals surface area contributed by atoms with Gasteiger partial charge in [-0.05, 0) is 23.2 Å². The van der Waals surface area contributed by atoms with E-state index in [2.05, 4.69) is 20.1 Å². The summed E-state index contributed by atoms with van der Waals surface area (Å²) in [4.78, 5) is 52.0. The van der Waals surface area contributed by atoms with Crippen LogP contribution in [0.3, 0.4) is 0 Å². The van der Waals surface area contributed by atoms with E-state index in [1.54, 1.807) is 0 Å². The number of amides is 1. The van der Waals surface area contributed by atoms with Crippen LogP contribution in [0.5, 0.6) is 0 Å². The van der Waals surface area contributed by atoms with E-state index in [4.69, 9.17) is 15.8 Å². The molecule has 0 spiro atoms. The summed E-state index contributed by atoms with van der Waals surface area (Å²) in [5.41, 5.74) is 17.1. The second-order valence-electron chi connectivity index (χ2n) is 6.61. The molecule has 0 aromatic heterocycles. The maximum absolute atomic E-state index is 12.6. The van der Waals surface area contributed by atoms with Gasteiger partial charge in [0.05, 0.1) is 16.9 Å². The molecule has 0 saturated carbocycles. The van der Waals surface area contributed by atoms with Crippen LogP contribution in [0.4, 0.5) is 5.69 Å². The van der Waals surface area contributed by atoms with Crippen molar-refractivity contribution in [2.45, 2.75) is 32.5 Å². The lowest BCUT2D eigenvalue weighted by Gasteiger charge is -2.41. The standard InChI is InChI=1S/C17H17N7O6/c1-8(13-12(16(26)20-13)9(2)22-23-19)15(25)14(21-18)17(27)30-7-10-3-5-11(6-4-10)24(28)29/h3-6,8-9,12-13H,7H2,1-2H3,(H,20,26)/t8-,9-,12+,13-/m1/s1. The number of nitrogens with zero attached hydrogens (tertiary/aromatic N) is 6. The fraction of sp³-hybridized carbons (Fsp3) is 0.412. The van der Waals surface area contributed by atoms with Gasteiger partial charge >= 0.3 is 11.7 Å². The van der Waals surface area contributed by atoms with Crippen molar-refractivity contribution in [3.63, 3.8) is 0 Å². The molecule has 0 aliphatic carbocycles. The highest BCUT2D eigenvalue weighted by molar-refractivity contribution is 6.62. The number of ether oxygens (including phenoxy) is 1. The van der Waals surface area contributed by atoms with Crippen molar-refractivity contribution in [1.29, 1.82) is 0 Å². The molecule has 0 unspecified atom stereocenters. The number of hydrogen-bond donors (Lipinski definition) is 1. The molecule has 0 bridgehead atoms. The van der Waals surface area contributed by atoms with Crippen LogP contribution in [0.15, 0.2) is 29.4 Å². The molecule has 1 aliphatic rings. The van der Waals surface area contributed by atoms with E-state index in [-0.39, 0.29) is 12.3 Å². The van der Waals surface area contributed by atoms with Crippen LogP contribution in [0.1, 0.15) is 19.4 Å². The molecule has 156 valence electrons. The zero-order valence-electron chi connectivity index (χ0n) is 16.0. The second kappa shape index (κ2) is 9.41. The van der Waals surface area contributed by atoms with Crippen LogP contribution in [-0.2, 0) is 25.7 Å². The van der Waals surface area contributed by atoms with Gasteiger partial charge in [0.2, 0.25) is 5.91 Å². The Morgan fingerprint density at radius 1 is 1.30 bits per heavy atom. The number of β-lactam (4-membered cyclic amide) rings is 1. The lowest BCUT2D eigenvalue weighted by Crippen LogP contribution is -2.65. The molecule has 1 heterocycles. The third-order valence-corrected chi connectivity index (χ3v) is 4.75. The summed E-state index contributed by atoms with van der Waals surface area (Å²) >= 11 is 0. The molecular weight excluding hydrogens is 398 g/mol. The number of non-ortho nitro benzene ring substituents is 1. The van der Waals surface area contributed by atoms with E-state index in [9.17, 15) is 24.5 Å². The first kappa shape index (κ1) is 22.2. The Hall–Kier alpha value is -4.08. The third kappa shape index (κ3) is 4.66. The Bertz CT molecular complexity index is 979. The molecule has 13 heteroatoms. The molecule has 4 atom stereocenters. The van der Waals surface area contributed by atoms with Crippen LogP contribution >= 0.6 is 0 Å². The lowest BCUT2D eigenvalue weighted by molar-refractivity contribution is -0.384. The summed E-state index contributed by atoms with van der Waals surface area (Å²) in [7, 11) is 0. The molecule has 0 radical (unpaired) electrons. The van der Waals surface area contributed by atoms with Gasteiger partial charge in [-0.15, -0.1) is 0 Å². The number of carbonyl (C=O) groups is 3. The number of azide groups is 1. The van der Waals surface area contributed by atoms with Gasteiger partial charge in [0.1, 0.15) is 6.61 Å². The van der Waals surface area contributed by atoms with Gasteiger partial charge in [0.15, 0.2) is 0 Å². The number of nitrogens with one attached hydrogen (secondary N) is 1. The topological polar surface area (TPSA) is 201 Å². The van der Waals surface area contributed by atoms with Crippen molar-refractivity contribution in [2.75, 3.05) is 0 Å². The van der Waals surface area contributed by atoms with E-state index < -0.39 is 52.2 Å². The van der Waals surface area contributed by atoms with Crippen LogP contribution in [-0.4, -0.2) is 45.2 Å². The van der Waals surface area contributed by atoms with Crippen molar-refractivity contribution in [2.24, 2.45) is 17.0 Å². The second-order valence-corrected chi connectivity index (χ2v) is 6.61. The van der Waals surface area contributed by atoms with Crippen molar-refractivity contribution in [3.8, 4) is 0 Å². The van der Waals surface area contributed by atoms with Gasteiger partial charge in [-0.3, -0.25) is 19.7 Å². The number of Topliss-reactive ketones (excluding diaryl/α,β-unsaturated/α-hetero) is 1. The number of carbonyl (C=O) groups excluding carboxylic acids is 3. The Morgan fingerprint density at radius 3 is 2.43 bits per heavy atom. The normalized spacial score (nSPS) is 19.1. The minimum Gasteiger partial charge on any atom is -0.452 e. The average molecular weight is 415 g/mol. The summed E-state index contributed by atoms with van der Waals surface area (Å²) in [5, 5.41) is 16.6. The number of hydrogen-bond acceptors (Lipinski definition) is 7. The van der Waals surface area contributed by atoms with Gasteiger partial charge in [0, 0.05) is 29.0 Å². The van der Waals surface area contributed by atoms with E-state index >= 15 is 0 Å². The van der Waals surface area contributed by atoms with E-state index in [0.717, 1.165) is 0 Å². The Labute approximate surface area is 169 Å². The number of nitro groups is 1. The van der Waals surface area contributed by atoms with E-state index in [1.165, 1.54) is 38.1 Å². The summed E-state index contributed by atoms with van der Waals surface area (Å²) in [6.07, 6.45) is 0. The molecule has 1 aromatic carbocycles. The molecule has 30 heavy (non-hydrogen) atoms. The van der Waals surface area contributed by atoms with Gasteiger partial charge in [-0.25, -0.2) is 4.79 Å². The first-order valence-corrected chi connectivity index (χ1v) is 8.72. The van der Waals surface area contributed by atoms with Crippen LogP contribution in [0.25, 0.3) is 16.0 Å². The van der Waals surface area contributed by atoms with Crippen LogP contribution in [0.2, 0.25) is 0 Å². The van der Waals surface area contributed by atoms with Gasteiger partial charge in [-0.2, -0.15) is 4.79 Å². The quantitative estimate of drug-likeness (QED) is 0.0724. The van der Waals surface area contributed by atoms with Crippen molar-refractivity contribution >= 4 is 29.1 Å². The lowest BCUT2D eigenvalue weighted by atomic mass is 9.76. The Kier molecular flexibility index (Phi) is 6.97. The predicted octanol–water partition coefficient (Wildman–Crippen LogP) is 1.33. The monoisotopic (exact) mass is 415 g/mol. The van der Waals surface area contributed by atoms with Crippen LogP contribution in [0, 0.1) is 22.0 Å².